The van der Waals surface area contributed by atoms with Gasteiger partial charge in [0.1, 0.15) is 17.3 Å². The fourth-order valence-corrected chi connectivity index (χ4v) is 1.17. The monoisotopic (exact) mass is 192 g/mol. The molecule has 2 aromatic heterocycles. The molecule has 0 saturated heterocycles. The first-order valence-corrected chi connectivity index (χ1v) is 4.32. The Kier molecular flexibility index (Phi) is 1.80. The molecule has 74 valence electrons. The van der Waals surface area contributed by atoms with E-state index in [4.69, 9.17) is 10.2 Å². The maximum absolute atomic E-state index is 5.65. The standard InChI is InChI=1S/C9H12N4O/c1-5-6(2)14-9(11-5)7-4-8(10)13(3)12-7/h4H,10H2,1-3H3. The molecule has 2 heterocycles. The Bertz CT molecular complexity index is 386. The largest absolute Gasteiger partial charge is 0.440 e. The Morgan fingerprint density at radius 3 is 2.57 bits per heavy atom. The molecule has 2 aromatic rings. The van der Waals surface area contributed by atoms with Crippen molar-refractivity contribution in [1.82, 2.24) is 14.8 Å². The fourth-order valence-electron chi connectivity index (χ4n) is 1.17. The minimum atomic E-state index is 0.521. The summed E-state index contributed by atoms with van der Waals surface area (Å²) in [6.07, 6.45) is 0. The average Bonchev–Trinajstić information content (AvgIpc) is 2.60. The van der Waals surface area contributed by atoms with E-state index in [2.05, 4.69) is 10.1 Å². The topological polar surface area (TPSA) is 69.9 Å². The lowest BCUT2D eigenvalue weighted by Crippen LogP contribution is -1.96. The van der Waals surface area contributed by atoms with Gasteiger partial charge in [-0.1, -0.05) is 0 Å². The van der Waals surface area contributed by atoms with Crippen LogP contribution in [0.1, 0.15) is 11.5 Å². The van der Waals surface area contributed by atoms with Crippen molar-refractivity contribution in [2.45, 2.75) is 13.8 Å². The highest BCUT2D eigenvalue weighted by Crippen LogP contribution is 2.21. The minimum Gasteiger partial charge on any atom is -0.440 e. The lowest BCUT2D eigenvalue weighted by atomic mass is 10.4. The van der Waals surface area contributed by atoms with Gasteiger partial charge in [0.25, 0.3) is 0 Å². The Morgan fingerprint density at radius 1 is 1.43 bits per heavy atom. The van der Waals surface area contributed by atoms with Crippen LogP contribution in [0.5, 0.6) is 0 Å². The second-order valence-corrected chi connectivity index (χ2v) is 3.24. The summed E-state index contributed by atoms with van der Waals surface area (Å²) in [7, 11) is 1.78. The second kappa shape index (κ2) is 2.87. The van der Waals surface area contributed by atoms with Crippen molar-refractivity contribution in [3.63, 3.8) is 0 Å². The van der Waals surface area contributed by atoms with Crippen molar-refractivity contribution < 1.29 is 4.42 Å². The van der Waals surface area contributed by atoms with E-state index in [1.54, 1.807) is 17.8 Å². The summed E-state index contributed by atoms with van der Waals surface area (Å²) < 4.78 is 7.01. The van der Waals surface area contributed by atoms with Crippen molar-refractivity contribution in [2.24, 2.45) is 7.05 Å². The van der Waals surface area contributed by atoms with Gasteiger partial charge in [-0.15, -0.1) is 0 Å². The molecule has 0 amide bonds. The molecule has 0 aliphatic heterocycles. The molecule has 0 aromatic carbocycles. The lowest BCUT2D eigenvalue weighted by molar-refractivity contribution is 0.537. The molecule has 5 nitrogen and oxygen atoms in total. The smallest absolute Gasteiger partial charge is 0.247 e. The van der Waals surface area contributed by atoms with E-state index >= 15 is 0 Å². The molecule has 5 heteroatoms. The first-order chi connectivity index (χ1) is 6.58. The maximum Gasteiger partial charge on any atom is 0.247 e. The van der Waals surface area contributed by atoms with Gasteiger partial charge >= 0.3 is 0 Å². The number of oxazole rings is 1. The average molecular weight is 192 g/mol. The number of aromatic nitrogens is 3. The molecular weight excluding hydrogens is 180 g/mol. The van der Waals surface area contributed by atoms with Crippen LogP contribution in [0.25, 0.3) is 11.6 Å². The van der Waals surface area contributed by atoms with Gasteiger partial charge in [-0.05, 0) is 13.8 Å². The first kappa shape index (κ1) is 8.80. The van der Waals surface area contributed by atoms with Crippen LogP contribution in [-0.2, 0) is 7.05 Å². The molecule has 0 bridgehead atoms. The number of hydrogen-bond donors (Lipinski definition) is 1. The van der Waals surface area contributed by atoms with E-state index < -0.39 is 0 Å². The third kappa shape index (κ3) is 1.26. The molecule has 0 saturated carbocycles. The van der Waals surface area contributed by atoms with E-state index in [-0.39, 0.29) is 0 Å². The number of nitrogens with zero attached hydrogens (tertiary/aromatic N) is 3. The minimum absolute atomic E-state index is 0.521. The summed E-state index contributed by atoms with van der Waals surface area (Å²) in [5.74, 6) is 1.92. The third-order valence-corrected chi connectivity index (χ3v) is 2.16. The van der Waals surface area contributed by atoms with Gasteiger partial charge in [0.05, 0.1) is 5.69 Å². The van der Waals surface area contributed by atoms with Crippen molar-refractivity contribution in [3.05, 3.63) is 17.5 Å². The SMILES string of the molecule is Cc1nc(-c2cc(N)n(C)n2)oc1C. The second-order valence-electron chi connectivity index (χ2n) is 3.24. The van der Waals surface area contributed by atoms with E-state index in [1.807, 2.05) is 13.8 Å². The summed E-state index contributed by atoms with van der Waals surface area (Å²) in [5, 5.41) is 4.17. The Hall–Kier alpha value is -1.78. The highest BCUT2D eigenvalue weighted by molar-refractivity contribution is 5.53. The van der Waals surface area contributed by atoms with Crippen molar-refractivity contribution in [1.29, 1.82) is 0 Å². The van der Waals surface area contributed by atoms with Crippen LogP contribution in [0.3, 0.4) is 0 Å². The van der Waals surface area contributed by atoms with Gasteiger partial charge in [0, 0.05) is 13.1 Å². The number of rotatable bonds is 1. The highest BCUT2D eigenvalue weighted by Gasteiger charge is 2.12. The van der Waals surface area contributed by atoms with E-state index in [0.717, 1.165) is 11.5 Å². The molecule has 14 heavy (non-hydrogen) atoms. The summed E-state index contributed by atoms with van der Waals surface area (Å²) in [6.45, 7) is 3.77. The van der Waals surface area contributed by atoms with Crippen LogP contribution in [-0.4, -0.2) is 14.8 Å². The Labute approximate surface area is 81.5 Å². The van der Waals surface area contributed by atoms with Crippen LogP contribution >= 0.6 is 0 Å². The number of aryl methyl sites for hydroxylation is 3. The zero-order valence-electron chi connectivity index (χ0n) is 8.40. The van der Waals surface area contributed by atoms with Crippen molar-refractivity contribution >= 4 is 5.82 Å². The van der Waals surface area contributed by atoms with Crippen molar-refractivity contribution in [3.8, 4) is 11.6 Å². The van der Waals surface area contributed by atoms with Gasteiger partial charge in [-0.25, -0.2) is 4.98 Å². The quantitative estimate of drug-likeness (QED) is 0.738. The summed E-state index contributed by atoms with van der Waals surface area (Å²) >= 11 is 0. The van der Waals surface area contributed by atoms with E-state index in [0.29, 0.717) is 17.4 Å². The molecule has 2 N–H and O–H groups in total. The number of anilines is 1. The molecular formula is C9H12N4O. The van der Waals surface area contributed by atoms with Crippen molar-refractivity contribution in [2.75, 3.05) is 5.73 Å². The fraction of sp³-hybridized carbons (Fsp3) is 0.333. The Morgan fingerprint density at radius 2 is 2.14 bits per heavy atom. The molecule has 0 unspecified atom stereocenters. The molecule has 0 atom stereocenters. The third-order valence-electron chi connectivity index (χ3n) is 2.16. The predicted molar refractivity (Wildman–Crippen MR) is 52.6 cm³/mol. The van der Waals surface area contributed by atoms with Gasteiger partial charge in [0.15, 0.2) is 0 Å². The van der Waals surface area contributed by atoms with Crippen LogP contribution in [0.15, 0.2) is 10.5 Å². The lowest BCUT2D eigenvalue weighted by Gasteiger charge is -1.88. The molecule has 0 aliphatic rings. The summed E-state index contributed by atoms with van der Waals surface area (Å²) in [4.78, 5) is 4.24. The molecule has 0 radical (unpaired) electrons. The van der Waals surface area contributed by atoms with Gasteiger partial charge in [0.2, 0.25) is 5.89 Å². The first-order valence-electron chi connectivity index (χ1n) is 4.32. The molecule has 0 aliphatic carbocycles. The summed E-state index contributed by atoms with van der Waals surface area (Å²) in [5.41, 5.74) is 7.20. The van der Waals surface area contributed by atoms with Crippen LogP contribution < -0.4 is 5.73 Å². The van der Waals surface area contributed by atoms with Gasteiger partial charge in [-0.3, -0.25) is 4.68 Å². The number of nitrogen functional groups attached to an aromatic ring is 1. The van der Waals surface area contributed by atoms with Crippen LogP contribution in [0.2, 0.25) is 0 Å². The highest BCUT2D eigenvalue weighted by atomic mass is 16.4. The molecule has 2 rings (SSSR count). The predicted octanol–water partition coefficient (Wildman–Crippen LogP) is 1.27. The van der Waals surface area contributed by atoms with Gasteiger partial charge in [-0.2, -0.15) is 5.10 Å². The zero-order valence-corrected chi connectivity index (χ0v) is 8.40. The van der Waals surface area contributed by atoms with E-state index in [1.165, 1.54) is 0 Å². The number of nitrogens with two attached hydrogens (primary N) is 1. The normalized spacial score (nSPS) is 10.8. The number of hydrogen-bond acceptors (Lipinski definition) is 4. The maximum atomic E-state index is 5.65. The van der Waals surface area contributed by atoms with E-state index in [9.17, 15) is 0 Å². The summed E-state index contributed by atoms with van der Waals surface area (Å²) in [6, 6.07) is 1.74. The zero-order chi connectivity index (χ0) is 10.3. The molecule has 0 spiro atoms. The Balaban J connectivity index is 2.49. The van der Waals surface area contributed by atoms with Crippen LogP contribution in [0, 0.1) is 13.8 Å². The van der Waals surface area contributed by atoms with Crippen LogP contribution in [0.4, 0.5) is 5.82 Å². The van der Waals surface area contributed by atoms with Gasteiger partial charge < -0.3 is 10.2 Å². The molecule has 0 fully saturated rings.